The third-order valence-corrected chi connectivity index (χ3v) is 3.30. The van der Waals surface area contributed by atoms with E-state index in [2.05, 4.69) is 17.5 Å². The van der Waals surface area contributed by atoms with Gasteiger partial charge in [0, 0.05) is 12.2 Å². The maximum absolute atomic E-state index is 10.2. The molecule has 0 bridgehead atoms. The zero-order chi connectivity index (χ0) is 14.5. The molecule has 0 heterocycles. The SMILES string of the molecule is Cc1ccc(C(O)CNc2ccc(C#N)cc2)c(C)c1. The summed E-state index contributed by atoms with van der Waals surface area (Å²) in [6.07, 6.45) is -0.550. The van der Waals surface area contributed by atoms with E-state index in [1.807, 2.05) is 38.1 Å². The summed E-state index contributed by atoms with van der Waals surface area (Å²) in [6, 6.07) is 15.3. The highest BCUT2D eigenvalue weighted by Crippen LogP contribution is 2.19. The van der Waals surface area contributed by atoms with Gasteiger partial charge in [-0.05, 0) is 49.2 Å². The van der Waals surface area contributed by atoms with Crippen LogP contribution >= 0.6 is 0 Å². The number of aryl methyl sites for hydroxylation is 2. The molecule has 0 radical (unpaired) electrons. The zero-order valence-electron chi connectivity index (χ0n) is 11.7. The summed E-state index contributed by atoms with van der Waals surface area (Å²) >= 11 is 0. The van der Waals surface area contributed by atoms with Crippen molar-refractivity contribution >= 4 is 5.69 Å². The number of hydrogen-bond acceptors (Lipinski definition) is 3. The third-order valence-electron chi connectivity index (χ3n) is 3.30. The number of nitriles is 1. The first-order valence-corrected chi connectivity index (χ1v) is 6.59. The van der Waals surface area contributed by atoms with Gasteiger partial charge >= 0.3 is 0 Å². The normalized spacial score (nSPS) is 11.7. The van der Waals surface area contributed by atoms with Crippen molar-refractivity contribution in [2.24, 2.45) is 0 Å². The second-order valence-electron chi connectivity index (χ2n) is 4.95. The smallest absolute Gasteiger partial charge is 0.0991 e. The minimum Gasteiger partial charge on any atom is -0.387 e. The molecule has 0 fully saturated rings. The molecule has 1 atom stereocenters. The molecule has 0 saturated heterocycles. The summed E-state index contributed by atoms with van der Waals surface area (Å²) in [5.74, 6) is 0. The quantitative estimate of drug-likeness (QED) is 0.892. The van der Waals surface area contributed by atoms with Gasteiger partial charge in [0.2, 0.25) is 0 Å². The predicted octanol–water partition coefficient (Wildman–Crippen LogP) is 3.32. The van der Waals surface area contributed by atoms with Gasteiger partial charge in [-0.15, -0.1) is 0 Å². The lowest BCUT2D eigenvalue weighted by molar-refractivity contribution is 0.191. The Hall–Kier alpha value is -2.31. The van der Waals surface area contributed by atoms with Crippen LogP contribution in [0.25, 0.3) is 0 Å². The number of aliphatic hydroxyl groups excluding tert-OH is 1. The highest BCUT2D eigenvalue weighted by Gasteiger charge is 2.10. The van der Waals surface area contributed by atoms with Crippen LogP contribution in [0.4, 0.5) is 5.69 Å². The fourth-order valence-electron chi connectivity index (χ4n) is 2.19. The van der Waals surface area contributed by atoms with E-state index >= 15 is 0 Å². The minimum atomic E-state index is -0.550. The molecule has 3 heteroatoms. The highest BCUT2D eigenvalue weighted by molar-refractivity contribution is 5.47. The molecule has 0 aliphatic heterocycles. The van der Waals surface area contributed by atoms with Crippen LogP contribution in [0.2, 0.25) is 0 Å². The largest absolute Gasteiger partial charge is 0.387 e. The summed E-state index contributed by atoms with van der Waals surface area (Å²) in [6.45, 7) is 4.49. The summed E-state index contributed by atoms with van der Waals surface area (Å²) in [7, 11) is 0. The summed E-state index contributed by atoms with van der Waals surface area (Å²) in [4.78, 5) is 0. The van der Waals surface area contributed by atoms with Crippen molar-refractivity contribution in [1.29, 1.82) is 5.26 Å². The van der Waals surface area contributed by atoms with Crippen LogP contribution in [0.5, 0.6) is 0 Å². The van der Waals surface area contributed by atoms with E-state index in [-0.39, 0.29) is 0 Å². The topological polar surface area (TPSA) is 56.0 Å². The van der Waals surface area contributed by atoms with Gasteiger partial charge in [-0.1, -0.05) is 23.8 Å². The van der Waals surface area contributed by atoms with Gasteiger partial charge in [0.25, 0.3) is 0 Å². The number of hydrogen-bond donors (Lipinski definition) is 2. The maximum Gasteiger partial charge on any atom is 0.0991 e. The fraction of sp³-hybridized carbons (Fsp3) is 0.235. The monoisotopic (exact) mass is 266 g/mol. The molecular formula is C17H18N2O. The van der Waals surface area contributed by atoms with E-state index in [1.165, 1.54) is 5.56 Å². The lowest BCUT2D eigenvalue weighted by Gasteiger charge is -2.16. The molecule has 0 amide bonds. The molecule has 3 nitrogen and oxygen atoms in total. The van der Waals surface area contributed by atoms with Crippen LogP contribution in [-0.2, 0) is 0 Å². The van der Waals surface area contributed by atoms with Gasteiger partial charge in [0.1, 0.15) is 0 Å². The van der Waals surface area contributed by atoms with Gasteiger partial charge in [0.15, 0.2) is 0 Å². The molecule has 2 rings (SSSR count). The van der Waals surface area contributed by atoms with Crippen molar-refractivity contribution < 1.29 is 5.11 Å². The van der Waals surface area contributed by atoms with Gasteiger partial charge < -0.3 is 10.4 Å². The number of rotatable bonds is 4. The molecule has 0 aliphatic carbocycles. The minimum absolute atomic E-state index is 0.440. The van der Waals surface area contributed by atoms with Crippen LogP contribution in [0.3, 0.4) is 0 Å². The molecule has 0 spiro atoms. The van der Waals surface area contributed by atoms with Gasteiger partial charge in [-0.25, -0.2) is 0 Å². The van der Waals surface area contributed by atoms with Crippen molar-refractivity contribution in [3.05, 3.63) is 64.7 Å². The molecule has 0 aromatic heterocycles. The van der Waals surface area contributed by atoms with Crippen LogP contribution in [0.1, 0.15) is 28.4 Å². The van der Waals surface area contributed by atoms with Crippen LogP contribution in [-0.4, -0.2) is 11.7 Å². The molecule has 20 heavy (non-hydrogen) atoms. The van der Waals surface area contributed by atoms with Crippen molar-refractivity contribution in [3.63, 3.8) is 0 Å². The van der Waals surface area contributed by atoms with Crippen molar-refractivity contribution in [3.8, 4) is 6.07 Å². The Morgan fingerprint density at radius 1 is 1.15 bits per heavy atom. The lowest BCUT2D eigenvalue weighted by Crippen LogP contribution is -2.13. The Balaban J connectivity index is 2.01. The molecule has 102 valence electrons. The standard InChI is InChI=1S/C17H18N2O/c1-12-3-8-16(13(2)9-12)17(20)11-19-15-6-4-14(10-18)5-7-15/h3-9,17,19-20H,11H2,1-2H3. The van der Waals surface area contributed by atoms with E-state index in [0.717, 1.165) is 16.8 Å². The molecular weight excluding hydrogens is 248 g/mol. The lowest BCUT2D eigenvalue weighted by atomic mass is 10.0. The maximum atomic E-state index is 10.2. The number of nitrogens with zero attached hydrogens (tertiary/aromatic N) is 1. The Morgan fingerprint density at radius 3 is 2.45 bits per heavy atom. The first kappa shape index (κ1) is 14.1. The molecule has 0 saturated carbocycles. The van der Waals surface area contributed by atoms with Crippen LogP contribution < -0.4 is 5.32 Å². The third kappa shape index (κ3) is 3.37. The number of benzene rings is 2. The van der Waals surface area contributed by atoms with Crippen molar-refractivity contribution in [2.45, 2.75) is 20.0 Å². The van der Waals surface area contributed by atoms with E-state index in [1.54, 1.807) is 12.1 Å². The molecule has 1 unspecified atom stereocenters. The Bertz CT molecular complexity index is 626. The molecule has 0 aliphatic rings. The highest BCUT2D eigenvalue weighted by atomic mass is 16.3. The molecule has 2 aromatic rings. The number of aliphatic hydroxyl groups is 1. The Kier molecular flexibility index (Phi) is 4.39. The molecule has 2 N–H and O–H groups in total. The first-order valence-electron chi connectivity index (χ1n) is 6.59. The summed E-state index contributed by atoms with van der Waals surface area (Å²) in [5.41, 5.74) is 4.76. The van der Waals surface area contributed by atoms with Crippen LogP contribution in [0, 0.1) is 25.2 Å². The Labute approximate surface area is 119 Å². The number of anilines is 1. The van der Waals surface area contributed by atoms with Crippen LogP contribution in [0.15, 0.2) is 42.5 Å². The zero-order valence-corrected chi connectivity index (χ0v) is 11.7. The first-order chi connectivity index (χ1) is 9.60. The van der Waals surface area contributed by atoms with E-state index in [9.17, 15) is 5.11 Å². The van der Waals surface area contributed by atoms with Gasteiger partial charge in [0.05, 0.1) is 17.7 Å². The summed E-state index contributed by atoms with van der Waals surface area (Å²) in [5, 5.41) is 22.2. The van der Waals surface area contributed by atoms with Gasteiger partial charge in [-0.3, -0.25) is 0 Å². The number of nitrogens with one attached hydrogen (secondary N) is 1. The Morgan fingerprint density at radius 2 is 1.85 bits per heavy atom. The molecule has 2 aromatic carbocycles. The second-order valence-corrected chi connectivity index (χ2v) is 4.95. The van der Waals surface area contributed by atoms with E-state index < -0.39 is 6.10 Å². The van der Waals surface area contributed by atoms with Crippen molar-refractivity contribution in [2.75, 3.05) is 11.9 Å². The average Bonchev–Trinajstić information content (AvgIpc) is 2.45. The van der Waals surface area contributed by atoms with Gasteiger partial charge in [-0.2, -0.15) is 5.26 Å². The second kappa shape index (κ2) is 6.23. The fourth-order valence-corrected chi connectivity index (χ4v) is 2.19. The average molecular weight is 266 g/mol. The summed E-state index contributed by atoms with van der Waals surface area (Å²) < 4.78 is 0. The predicted molar refractivity (Wildman–Crippen MR) is 80.5 cm³/mol. The van der Waals surface area contributed by atoms with E-state index in [4.69, 9.17) is 5.26 Å². The van der Waals surface area contributed by atoms with E-state index in [0.29, 0.717) is 12.1 Å². The van der Waals surface area contributed by atoms with Crippen molar-refractivity contribution in [1.82, 2.24) is 0 Å².